The molecule has 0 atom stereocenters. The zero-order valence-corrected chi connectivity index (χ0v) is 21.8. The van der Waals surface area contributed by atoms with Gasteiger partial charge in [0.1, 0.15) is 6.73 Å². The van der Waals surface area contributed by atoms with Crippen molar-refractivity contribution in [3.8, 4) is 0 Å². The minimum atomic E-state index is -1.07. The third-order valence-electron chi connectivity index (χ3n) is 4.68. The van der Waals surface area contributed by atoms with Crippen LogP contribution in [0.4, 0.5) is 0 Å². The third-order valence-corrected chi connectivity index (χ3v) is 6.39. The smallest absolute Gasteiger partial charge is 0.358 e. The van der Waals surface area contributed by atoms with E-state index in [9.17, 15) is 9.59 Å². The fraction of sp³-hybridized carbons (Fsp3) is 0.636. The van der Waals surface area contributed by atoms with Crippen molar-refractivity contribution in [1.29, 1.82) is 0 Å². The maximum absolute atomic E-state index is 11.7. The van der Waals surface area contributed by atoms with E-state index in [4.69, 9.17) is 9.47 Å². The number of hydrogen-bond donors (Lipinski definition) is 1. The number of esters is 2. The highest BCUT2D eigenvalue weighted by Crippen LogP contribution is 2.19. The standard InChI is InChI=1S/C14H26N2O3Si.C8H12N2O2/c1-11(2)12-9-16(15-13(12)14(17)18-3)10-19-7-8-20(4,5)6;1-5(2)6-4-9-10-7(6)8(11)12-3/h9,11H,7-8,10H2,1-6H3;4-5H,1-3H3,(H,9,10). The van der Waals surface area contributed by atoms with Crippen molar-refractivity contribution in [2.45, 2.75) is 71.9 Å². The van der Waals surface area contributed by atoms with E-state index in [-0.39, 0.29) is 17.8 Å². The van der Waals surface area contributed by atoms with Crippen molar-refractivity contribution in [3.05, 3.63) is 34.9 Å². The average molecular weight is 467 g/mol. The number of methoxy groups -OCH3 is 2. The summed E-state index contributed by atoms with van der Waals surface area (Å²) in [7, 11) is 1.65. The summed E-state index contributed by atoms with van der Waals surface area (Å²) in [5.74, 6) is -0.285. The molecule has 2 rings (SSSR count). The molecule has 2 aromatic heterocycles. The number of ether oxygens (including phenoxy) is 3. The van der Waals surface area contributed by atoms with E-state index in [0.29, 0.717) is 18.1 Å². The van der Waals surface area contributed by atoms with E-state index in [1.807, 2.05) is 33.9 Å². The summed E-state index contributed by atoms with van der Waals surface area (Å²) in [4.78, 5) is 22.8. The van der Waals surface area contributed by atoms with E-state index in [1.165, 1.54) is 14.2 Å². The maximum atomic E-state index is 11.7. The van der Waals surface area contributed by atoms with Crippen LogP contribution >= 0.6 is 0 Å². The van der Waals surface area contributed by atoms with Crippen molar-refractivity contribution < 1.29 is 23.8 Å². The molecule has 0 fully saturated rings. The van der Waals surface area contributed by atoms with Gasteiger partial charge in [-0.25, -0.2) is 14.3 Å². The van der Waals surface area contributed by atoms with Crippen LogP contribution < -0.4 is 0 Å². The van der Waals surface area contributed by atoms with Crippen LogP contribution in [0.2, 0.25) is 25.7 Å². The van der Waals surface area contributed by atoms with Crippen molar-refractivity contribution >= 4 is 20.0 Å². The molecule has 0 radical (unpaired) electrons. The number of carbonyl (C=O) groups is 2. The van der Waals surface area contributed by atoms with Crippen LogP contribution in [0.25, 0.3) is 0 Å². The van der Waals surface area contributed by atoms with Crippen molar-refractivity contribution in [1.82, 2.24) is 20.0 Å². The molecule has 0 aliphatic carbocycles. The summed E-state index contributed by atoms with van der Waals surface area (Å²) in [5, 5.41) is 10.7. The van der Waals surface area contributed by atoms with Gasteiger partial charge in [0.15, 0.2) is 11.4 Å². The molecule has 0 saturated heterocycles. The Morgan fingerprint density at radius 3 is 2.06 bits per heavy atom. The lowest BCUT2D eigenvalue weighted by Crippen LogP contribution is -2.22. The number of H-pyrrole nitrogens is 1. The molecule has 0 saturated carbocycles. The predicted octanol–water partition coefficient (Wildman–Crippen LogP) is 4.43. The summed E-state index contributed by atoms with van der Waals surface area (Å²) in [5.41, 5.74) is 2.55. The van der Waals surface area contributed by atoms with Gasteiger partial charge in [0, 0.05) is 38.2 Å². The van der Waals surface area contributed by atoms with Crippen LogP contribution in [0.15, 0.2) is 12.4 Å². The monoisotopic (exact) mass is 466 g/mol. The molecule has 2 heterocycles. The fourth-order valence-electron chi connectivity index (χ4n) is 2.72. The number of hydrogen-bond acceptors (Lipinski definition) is 7. The summed E-state index contributed by atoms with van der Waals surface area (Å²) in [6.07, 6.45) is 3.59. The Labute approximate surface area is 191 Å². The second kappa shape index (κ2) is 12.5. The van der Waals surface area contributed by atoms with Crippen LogP contribution in [0, 0.1) is 0 Å². The maximum Gasteiger partial charge on any atom is 0.358 e. The highest BCUT2D eigenvalue weighted by molar-refractivity contribution is 6.76. The minimum absolute atomic E-state index is 0.222. The Hall–Kier alpha value is -2.46. The van der Waals surface area contributed by atoms with E-state index in [0.717, 1.165) is 23.8 Å². The molecule has 0 aliphatic heterocycles. The van der Waals surface area contributed by atoms with E-state index in [1.54, 1.807) is 10.9 Å². The zero-order chi connectivity index (χ0) is 24.5. The molecule has 0 spiro atoms. The first-order valence-corrected chi connectivity index (χ1v) is 14.5. The molecule has 1 N–H and O–H groups in total. The molecular weight excluding hydrogens is 428 g/mol. The Kier molecular flexibility index (Phi) is 10.8. The van der Waals surface area contributed by atoms with Gasteiger partial charge in [-0.1, -0.05) is 47.3 Å². The van der Waals surface area contributed by atoms with E-state index < -0.39 is 14.0 Å². The lowest BCUT2D eigenvalue weighted by molar-refractivity contribution is 0.0576. The molecule has 0 bridgehead atoms. The molecule has 180 valence electrons. The lowest BCUT2D eigenvalue weighted by atomic mass is 10.0. The van der Waals surface area contributed by atoms with E-state index in [2.05, 4.69) is 39.7 Å². The Morgan fingerprint density at radius 1 is 1.00 bits per heavy atom. The number of aromatic nitrogens is 4. The largest absolute Gasteiger partial charge is 0.464 e. The predicted molar refractivity (Wildman–Crippen MR) is 126 cm³/mol. The topological polar surface area (TPSA) is 108 Å². The molecule has 9 nitrogen and oxygen atoms in total. The van der Waals surface area contributed by atoms with Crippen molar-refractivity contribution in [3.63, 3.8) is 0 Å². The molecule has 2 aromatic rings. The Bertz CT molecular complexity index is 868. The zero-order valence-electron chi connectivity index (χ0n) is 20.8. The van der Waals surface area contributed by atoms with Gasteiger partial charge < -0.3 is 14.2 Å². The number of carbonyl (C=O) groups excluding carboxylic acids is 2. The highest BCUT2D eigenvalue weighted by Gasteiger charge is 2.20. The third kappa shape index (κ3) is 8.58. The first-order valence-electron chi connectivity index (χ1n) is 10.8. The van der Waals surface area contributed by atoms with Crippen LogP contribution in [0.3, 0.4) is 0 Å². The number of aromatic amines is 1. The summed E-state index contributed by atoms with van der Waals surface area (Å²) in [6.45, 7) is 16.1. The van der Waals surface area contributed by atoms with Crippen LogP contribution in [-0.4, -0.2) is 60.8 Å². The van der Waals surface area contributed by atoms with Gasteiger partial charge >= 0.3 is 11.9 Å². The number of rotatable bonds is 9. The Balaban J connectivity index is 0.000000363. The van der Waals surface area contributed by atoms with Gasteiger partial charge in [-0.15, -0.1) is 0 Å². The van der Waals surface area contributed by atoms with Gasteiger partial charge in [-0.3, -0.25) is 5.10 Å². The summed E-state index contributed by atoms with van der Waals surface area (Å²) in [6, 6.07) is 1.12. The minimum Gasteiger partial charge on any atom is -0.464 e. The van der Waals surface area contributed by atoms with Gasteiger partial charge in [-0.05, 0) is 17.9 Å². The van der Waals surface area contributed by atoms with Crippen LogP contribution in [0.5, 0.6) is 0 Å². The molecule has 0 aromatic carbocycles. The quantitative estimate of drug-likeness (QED) is 0.331. The Morgan fingerprint density at radius 2 is 1.56 bits per heavy atom. The average Bonchev–Trinajstić information content (AvgIpc) is 3.37. The summed E-state index contributed by atoms with van der Waals surface area (Å²) < 4.78 is 16.6. The number of nitrogens with one attached hydrogen (secondary N) is 1. The first-order chi connectivity index (χ1) is 14.9. The molecular formula is C22H38N4O5Si. The molecule has 32 heavy (non-hydrogen) atoms. The van der Waals surface area contributed by atoms with Crippen molar-refractivity contribution in [2.75, 3.05) is 20.8 Å². The first kappa shape index (κ1) is 27.6. The van der Waals surface area contributed by atoms with Gasteiger partial charge in [0.05, 0.1) is 14.2 Å². The normalized spacial score (nSPS) is 11.3. The molecule has 0 unspecified atom stereocenters. The summed E-state index contributed by atoms with van der Waals surface area (Å²) >= 11 is 0. The fourth-order valence-corrected chi connectivity index (χ4v) is 3.47. The van der Waals surface area contributed by atoms with Crippen molar-refractivity contribution in [2.24, 2.45) is 0 Å². The van der Waals surface area contributed by atoms with Gasteiger partial charge in [-0.2, -0.15) is 10.2 Å². The molecule has 0 amide bonds. The van der Waals surface area contributed by atoms with Crippen LogP contribution in [-0.2, 0) is 20.9 Å². The SMILES string of the molecule is COC(=O)c1n[nH]cc1C(C)C.COC(=O)c1nn(COCC[Si](C)(C)C)cc1C(C)C. The number of nitrogens with zero attached hydrogens (tertiary/aromatic N) is 3. The van der Waals surface area contributed by atoms with E-state index >= 15 is 0 Å². The highest BCUT2D eigenvalue weighted by atomic mass is 28.3. The van der Waals surface area contributed by atoms with Crippen LogP contribution in [0.1, 0.15) is 71.6 Å². The second-order valence-electron chi connectivity index (χ2n) is 9.30. The lowest BCUT2D eigenvalue weighted by Gasteiger charge is -2.15. The molecule has 0 aliphatic rings. The molecule has 10 heteroatoms. The van der Waals surface area contributed by atoms with Gasteiger partial charge in [0.25, 0.3) is 0 Å². The van der Waals surface area contributed by atoms with Gasteiger partial charge in [0.2, 0.25) is 0 Å². The second-order valence-corrected chi connectivity index (χ2v) is 14.9.